The van der Waals surface area contributed by atoms with E-state index < -0.39 is 23.1 Å². The van der Waals surface area contributed by atoms with E-state index in [9.17, 15) is 18.4 Å². The lowest BCUT2D eigenvalue weighted by Crippen LogP contribution is -2.63. The molecular weight excluding hydrogens is 330 g/mol. The lowest BCUT2D eigenvalue weighted by molar-refractivity contribution is -0.133. The fourth-order valence-electron chi connectivity index (χ4n) is 2.87. The average molecular weight is 348 g/mol. The molecule has 2 aromatic rings. The zero-order valence-corrected chi connectivity index (χ0v) is 14.1. The number of hydrogen-bond acceptors (Lipinski definition) is 3. The number of hydrogen-bond donors (Lipinski definition) is 1. The van der Waals surface area contributed by atoms with Crippen molar-refractivity contribution in [2.24, 2.45) is 0 Å². The molecule has 0 unspecified atom stereocenters. The molecule has 0 aliphatic carbocycles. The zero-order valence-electron chi connectivity index (χ0n) is 14.1. The molecule has 6 nitrogen and oxygen atoms in total. The van der Waals surface area contributed by atoms with Crippen LogP contribution in [0.25, 0.3) is 5.69 Å². The van der Waals surface area contributed by atoms with Gasteiger partial charge in [-0.15, -0.1) is 0 Å². The van der Waals surface area contributed by atoms with Crippen molar-refractivity contribution in [3.63, 3.8) is 0 Å². The Bertz CT molecular complexity index is 860. The molecule has 1 aliphatic heterocycles. The lowest BCUT2D eigenvalue weighted by Gasteiger charge is -2.40. The summed E-state index contributed by atoms with van der Waals surface area (Å²) in [6, 6.07) is 4.67. The number of carbonyl (C=O) groups excluding carboxylic acids is 2. The maximum absolute atomic E-state index is 14.0. The van der Waals surface area contributed by atoms with Crippen LogP contribution < -0.4 is 5.32 Å². The van der Waals surface area contributed by atoms with Gasteiger partial charge in [-0.3, -0.25) is 9.59 Å². The van der Waals surface area contributed by atoms with Crippen molar-refractivity contribution in [1.29, 1.82) is 0 Å². The average Bonchev–Trinajstić information content (AvgIpc) is 2.91. The molecule has 3 rings (SSSR count). The van der Waals surface area contributed by atoms with Crippen LogP contribution in [-0.2, 0) is 4.79 Å². The van der Waals surface area contributed by atoms with Crippen LogP contribution >= 0.6 is 0 Å². The summed E-state index contributed by atoms with van der Waals surface area (Å²) < 4.78 is 28.3. The van der Waals surface area contributed by atoms with Crippen LogP contribution in [0.15, 0.2) is 24.3 Å². The maximum Gasteiger partial charge on any atom is 0.275 e. The van der Waals surface area contributed by atoms with Gasteiger partial charge in [0.1, 0.15) is 17.0 Å². The van der Waals surface area contributed by atoms with Crippen molar-refractivity contribution >= 4 is 11.8 Å². The molecule has 2 amide bonds. The van der Waals surface area contributed by atoms with Crippen LogP contribution in [0.2, 0.25) is 0 Å². The third kappa shape index (κ3) is 2.88. The second-order valence-electron chi connectivity index (χ2n) is 6.45. The summed E-state index contributed by atoms with van der Waals surface area (Å²) in [5.74, 6) is -2.12. The minimum absolute atomic E-state index is 0.0496. The fraction of sp³-hybridized carbons (Fsp3) is 0.353. The molecule has 8 heteroatoms. The number of nitrogens with zero attached hydrogens (tertiary/aromatic N) is 3. The van der Waals surface area contributed by atoms with Crippen molar-refractivity contribution in [3.05, 3.63) is 47.3 Å². The van der Waals surface area contributed by atoms with Crippen LogP contribution in [-0.4, -0.2) is 45.1 Å². The van der Waals surface area contributed by atoms with E-state index in [4.69, 9.17) is 0 Å². The second-order valence-corrected chi connectivity index (χ2v) is 6.45. The minimum Gasteiger partial charge on any atom is -0.352 e. The van der Waals surface area contributed by atoms with Gasteiger partial charge in [0, 0.05) is 24.8 Å². The third-order valence-electron chi connectivity index (χ3n) is 4.34. The number of piperazine rings is 1. The lowest BCUT2D eigenvalue weighted by atomic mass is 9.98. The van der Waals surface area contributed by atoms with Crippen LogP contribution in [0.4, 0.5) is 8.78 Å². The Labute approximate surface area is 143 Å². The molecule has 1 aliphatic rings. The molecule has 2 heterocycles. The first-order valence-corrected chi connectivity index (χ1v) is 7.84. The van der Waals surface area contributed by atoms with E-state index in [1.807, 2.05) is 0 Å². The first-order valence-electron chi connectivity index (χ1n) is 7.84. The van der Waals surface area contributed by atoms with Crippen LogP contribution in [0, 0.1) is 18.6 Å². The molecule has 25 heavy (non-hydrogen) atoms. The monoisotopic (exact) mass is 348 g/mol. The van der Waals surface area contributed by atoms with Crippen molar-refractivity contribution < 1.29 is 18.4 Å². The Morgan fingerprint density at radius 1 is 1.28 bits per heavy atom. The standard InChI is InChI=1S/C17H18F2N4O2/c1-10-8-13(15(24)22-7-6-20-16(25)17(22,2)3)21-23(10)14-5-4-11(18)9-12(14)19/h4-5,8-9H,6-7H2,1-3H3,(H,20,25). The number of aromatic nitrogens is 2. The predicted octanol–water partition coefficient (Wildman–Crippen LogP) is 1.81. The van der Waals surface area contributed by atoms with Crippen LogP contribution in [0.1, 0.15) is 30.0 Å². The minimum atomic E-state index is -1.01. The summed E-state index contributed by atoms with van der Waals surface area (Å²) in [6.07, 6.45) is 0. The summed E-state index contributed by atoms with van der Waals surface area (Å²) in [5, 5.41) is 6.89. The van der Waals surface area contributed by atoms with Gasteiger partial charge in [0.15, 0.2) is 11.5 Å². The zero-order chi connectivity index (χ0) is 18.4. The van der Waals surface area contributed by atoms with E-state index in [2.05, 4.69) is 10.4 Å². The van der Waals surface area contributed by atoms with Crippen molar-refractivity contribution in [3.8, 4) is 5.69 Å². The quantitative estimate of drug-likeness (QED) is 0.900. The normalized spacial score (nSPS) is 16.7. The van der Waals surface area contributed by atoms with E-state index >= 15 is 0 Å². The predicted molar refractivity (Wildman–Crippen MR) is 86.3 cm³/mol. The van der Waals surface area contributed by atoms with Gasteiger partial charge in [-0.25, -0.2) is 13.5 Å². The van der Waals surface area contributed by atoms with Crippen molar-refractivity contribution in [1.82, 2.24) is 20.0 Å². The Morgan fingerprint density at radius 2 is 2.00 bits per heavy atom. The molecular formula is C17H18F2N4O2. The van der Waals surface area contributed by atoms with E-state index in [0.717, 1.165) is 12.1 Å². The fourth-order valence-corrected chi connectivity index (χ4v) is 2.87. The van der Waals surface area contributed by atoms with Gasteiger partial charge in [-0.05, 0) is 39.0 Å². The molecule has 0 bridgehead atoms. The highest BCUT2D eigenvalue weighted by atomic mass is 19.1. The third-order valence-corrected chi connectivity index (χ3v) is 4.34. The molecule has 1 aromatic carbocycles. The number of amides is 2. The number of carbonyl (C=O) groups is 2. The number of benzene rings is 1. The molecule has 1 N–H and O–H groups in total. The molecule has 0 radical (unpaired) electrons. The van der Waals surface area contributed by atoms with Crippen LogP contribution in [0.3, 0.4) is 0 Å². The summed E-state index contributed by atoms with van der Waals surface area (Å²) in [5.41, 5.74) is -0.334. The number of nitrogens with one attached hydrogen (secondary N) is 1. The van der Waals surface area contributed by atoms with Crippen LogP contribution in [0.5, 0.6) is 0 Å². The smallest absolute Gasteiger partial charge is 0.275 e. The van der Waals surface area contributed by atoms with E-state index in [1.54, 1.807) is 20.8 Å². The van der Waals surface area contributed by atoms with E-state index in [-0.39, 0.29) is 17.3 Å². The highest BCUT2D eigenvalue weighted by Gasteiger charge is 2.41. The molecule has 0 atom stereocenters. The Morgan fingerprint density at radius 3 is 2.68 bits per heavy atom. The van der Waals surface area contributed by atoms with Gasteiger partial charge in [-0.2, -0.15) is 5.10 Å². The maximum atomic E-state index is 14.0. The largest absolute Gasteiger partial charge is 0.352 e. The highest BCUT2D eigenvalue weighted by molar-refractivity contribution is 5.98. The number of halogens is 2. The molecule has 1 aromatic heterocycles. The van der Waals surface area contributed by atoms with Gasteiger partial charge in [-0.1, -0.05) is 0 Å². The summed E-state index contributed by atoms with van der Waals surface area (Å²) in [7, 11) is 0. The topological polar surface area (TPSA) is 67.2 Å². The molecule has 1 fully saturated rings. The van der Waals surface area contributed by atoms with Gasteiger partial charge in [0.25, 0.3) is 5.91 Å². The molecule has 132 valence electrons. The Balaban J connectivity index is 1.97. The second kappa shape index (κ2) is 5.94. The highest BCUT2D eigenvalue weighted by Crippen LogP contribution is 2.22. The van der Waals surface area contributed by atoms with E-state index in [0.29, 0.717) is 18.8 Å². The van der Waals surface area contributed by atoms with Crippen molar-refractivity contribution in [2.75, 3.05) is 13.1 Å². The first-order chi connectivity index (χ1) is 11.7. The SMILES string of the molecule is Cc1cc(C(=O)N2CCNC(=O)C2(C)C)nn1-c1ccc(F)cc1F. The van der Waals surface area contributed by atoms with Gasteiger partial charge in [0.05, 0.1) is 0 Å². The Kier molecular flexibility index (Phi) is 4.06. The number of rotatable bonds is 2. The van der Waals surface area contributed by atoms with Crippen molar-refractivity contribution in [2.45, 2.75) is 26.3 Å². The Hall–Kier alpha value is -2.77. The summed E-state index contributed by atoms with van der Waals surface area (Å²) in [6.45, 7) is 5.70. The van der Waals surface area contributed by atoms with E-state index in [1.165, 1.54) is 21.7 Å². The number of aryl methyl sites for hydroxylation is 1. The van der Waals surface area contributed by atoms with Gasteiger partial charge < -0.3 is 10.2 Å². The molecule has 0 spiro atoms. The molecule has 0 saturated carbocycles. The first kappa shape index (κ1) is 17.1. The van der Waals surface area contributed by atoms with Gasteiger partial charge >= 0.3 is 0 Å². The summed E-state index contributed by atoms with van der Waals surface area (Å²) in [4.78, 5) is 26.3. The summed E-state index contributed by atoms with van der Waals surface area (Å²) >= 11 is 0. The van der Waals surface area contributed by atoms with Gasteiger partial charge in [0.2, 0.25) is 5.91 Å². The molecule has 1 saturated heterocycles.